The molecule has 0 radical (unpaired) electrons. The molecule has 0 N–H and O–H groups in total. The minimum atomic E-state index is -0.105. The smallest absolute Gasteiger partial charge is 0.270 e. The van der Waals surface area contributed by atoms with E-state index in [0.29, 0.717) is 21.8 Å². The van der Waals surface area contributed by atoms with E-state index >= 15 is 0 Å². The topological polar surface area (TPSA) is 32.8 Å². The maximum absolute atomic E-state index is 13.0. The molecule has 1 fully saturated rings. The molecule has 6 heteroatoms. The van der Waals surface area contributed by atoms with E-state index in [4.69, 9.17) is 17.0 Å². The van der Waals surface area contributed by atoms with E-state index < -0.39 is 0 Å². The van der Waals surface area contributed by atoms with E-state index in [1.165, 1.54) is 11.8 Å². The van der Waals surface area contributed by atoms with Crippen LogP contribution >= 0.6 is 24.0 Å². The summed E-state index contributed by atoms with van der Waals surface area (Å²) in [5, 5.41) is 0. The van der Waals surface area contributed by atoms with Crippen LogP contribution in [-0.4, -0.2) is 30.9 Å². The summed E-state index contributed by atoms with van der Waals surface area (Å²) in [5.74, 6) is 1.10. The molecule has 0 saturated carbocycles. The molecular formula is C22H24N2O2S2. The summed E-state index contributed by atoms with van der Waals surface area (Å²) >= 11 is 6.80. The first-order chi connectivity index (χ1) is 13.4. The average molecular weight is 413 g/mol. The molecule has 28 heavy (non-hydrogen) atoms. The van der Waals surface area contributed by atoms with Crippen LogP contribution in [0.3, 0.4) is 0 Å². The summed E-state index contributed by atoms with van der Waals surface area (Å²) in [5.41, 5.74) is 2.73. The quantitative estimate of drug-likeness (QED) is 0.481. The highest BCUT2D eigenvalue weighted by Gasteiger charge is 2.33. The van der Waals surface area contributed by atoms with Gasteiger partial charge in [-0.2, -0.15) is 0 Å². The van der Waals surface area contributed by atoms with E-state index in [1.54, 1.807) is 4.90 Å². The lowest BCUT2D eigenvalue weighted by atomic mass is 10.1. The number of nitrogens with zero attached hydrogens (tertiary/aromatic N) is 2. The van der Waals surface area contributed by atoms with Gasteiger partial charge in [0.2, 0.25) is 0 Å². The van der Waals surface area contributed by atoms with Gasteiger partial charge in [0.25, 0.3) is 5.91 Å². The van der Waals surface area contributed by atoms with Gasteiger partial charge in [-0.15, -0.1) is 0 Å². The Balaban J connectivity index is 1.85. The zero-order valence-electron chi connectivity index (χ0n) is 16.5. The molecule has 1 saturated heterocycles. The van der Waals surface area contributed by atoms with Gasteiger partial charge in [-0.3, -0.25) is 9.69 Å². The maximum atomic E-state index is 13.0. The molecule has 0 unspecified atom stereocenters. The summed E-state index contributed by atoms with van der Waals surface area (Å²) < 4.78 is 6.44. The highest BCUT2D eigenvalue weighted by Crippen LogP contribution is 2.37. The second-order valence-corrected chi connectivity index (χ2v) is 8.85. The van der Waals surface area contributed by atoms with Crippen LogP contribution in [0.4, 0.5) is 11.4 Å². The van der Waals surface area contributed by atoms with Gasteiger partial charge in [0.15, 0.2) is 4.32 Å². The lowest BCUT2D eigenvalue weighted by molar-refractivity contribution is -0.113. The van der Waals surface area contributed by atoms with Crippen LogP contribution in [0.2, 0.25) is 0 Å². The highest BCUT2D eigenvalue weighted by atomic mass is 32.2. The Hall–Kier alpha value is -2.31. The fourth-order valence-electron chi connectivity index (χ4n) is 2.72. The maximum Gasteiger partial charge on any atom is 0.270 e. The highest BCUT2D eigenvalue weighted by molar-refractivity contribution is 8.27. The minimum Gasteiger partial charge on any atom is -0.493 e. The second-order valence-electron chi connectivity index (χ2n) is 7.17. The first-order valence-electron chi connectivity index (χ1n) is 9.14. The molecule has 1 heterocycles. The number of thiocarbonyl (C=S) groups is 1. The van der Waals surface area contributed by atoms with Gasteiger partial charge in [-0.25, -0.2) is 0 Å². The van der Waals surface area contributed by atoms with Crippen molar-refractivity contribution in [1.82, 2.24) is 0 Å². The third-order valence-corrected chi connectivity index (χ3v) is 5.50. The largest absolute Gasteiger partial charge is 0.493 e. The van der Waals surface area contributed by atoms with Crippen LogP contribution < -0.4 is 14.5 Å². The van der Waals surface area contributed by atoms with Gasteiger partial charge in [0.1, 0.15) is 5.75 Å². The summed E-state index contributed by atoms with van der Waals surface area (Å²) in [6, 6.07) is 15.5. The van der Waals surface area contributed by atoms with Gasteiger partial charge in [-0.05, 0) is 42.3 Å². The standard InChI is InChI=1S/C22H24N2O2S2/c1-15(2)14-26-19-8-6-5-7-16(19)13-20-21(25)24(22(27)28-20)18-11-9-17(10-12-18)23(3)4/h5-13,15H,14H2,1-4H3/b20-13+. The lowest BCUT2D eigenvalue weighted by Gasteiger charge is -2.17. The van der Waals surface area contributed by atoms with Gasteiger partial charge in [0.05, 0.1) is 17.2 Å². The van der Waals surface area contributed by atoms with Crippen LogP contribution in [0.5, 0.6) is 5.75 Å². The summed E-state index contributed by atoms with van der Waals surface area (Å²) in [6.07, 6.45) is 1.86. The molecule has 0 spiro atoms. The molecule has 2 aromatic carbocycles. The Morgan fingerprint density at radius 1 is 1.14 bits per heavy atom. The van der Waals surface area contributed by atoms with Crippen LogP contribution in [0.1, 0.15) is 19.4 Å². The van der Waals surface area contributed by atoms with E-state index in [-0.39, 0.29) is 5.91 Å². The number of benzene rings is 2. The number of thioether (sulfide) groups is 1. The SMILES string of the molecule is CC(C)COc1ccccc1/C=C1/SC(=S)N(c2ccc(N(C)C)cc2)C1=O. The van der Waals surface area contributed by atoms with E-state index in [0.717, 1.165) is 22.7 Å². The number of ether oxygens (including phenoxy) is 1. The fraction of sp³-hybridized carbons (Fsp3) is 0.273. The van der Waals surface area contributed by atoms with E-state index in [2.05, 4.69) is 13.8 Å². The molecule has 1 amide bonds. The van der Waals surface area contributed by atoms with Crippen molar-refractivity contribution in [2.45, 2.75) is 13.8 Å². The van der Waals surface area contributed by atoms with Crippen LogP contribution in [-0.2, 0) is 4.79 Å². The molecular weight excluding hydrogens is 388 g/mol. The number of carbonyl (C=O) groups excluding carboxylic acids is 1. The predicted octanol–water partition coefficient (Wildman–Crippen LogP) is 5.19. The Morgan fingerprint density at radius 2 is 1.82 bits per heavy atom. The van der Waals surface area contributed by atoms with Crippen LogP contribution in [0.15, 0.2) is 53.4 Å². The molecule has 3 rings (SSSR count). The molecule has 1 aliphatic heterocycles. The number of hydrogen-bond acceptors (Lipinski definition) is 5. The molecule has 0 aromatic heterocycles. The minimum absolute atomic E-state index is 0.105. The Kier molecular flexibility index (Phi) is 6.42. The van der Waals surface area contributed by atoms with Crippen LogP contribution in [0, 0.1) is 5.92 Å². The van der Waals surface area contributed by atoms with Crippen molar-refractivity contribution in [2.75, 3.05) is 30.5 Å². The Bertz CT molecular complexity index is 905. The molecule has 0 atom stereocenters. The zero-order valence-corrected chi connectivity index (χ0v) is 18.1. The molecule has 0 aliphatic carbocycles. The third-order valence-electron chi connectivity index (χ3n) is 4.20. The number of para-hydroxylation sites is 1. The van der Waals surface area contributed by atoms with Crippen LogP contribution in [0.25, 0.3) is 6.08 Å². The Labute approximate surface area is 176 Å². The van der Waals surface area contributed by atoms with E-state index in [9.17, 15) is 4.79 Å². The zero-order chi connectivity index (χ0) is 20.3. The predicted molar refractivity (Wildman–Crippen MR) is 123 cm³/mol. The Morgan fingerprint density at radius 3 is 2.46 bits per heavy atom. The number of anilines is 2. The third kappa shape index (κ3) is 4.56. The number of carbonyl (C=O) groups is 1. The van der Waals surface area contributed by atoms with Crippen molar-refractivity contribution in [3.8, 4) is 5.75 Å². The summed E-state index contributed by atoms with van der Waals surface area (Å²) in [7, 11) is 3.96. The second kappa shape index (κ2) is 8.80. The fourth-order valence-corrected chi connectivity index (χ4v) is 4.01. The van der Waals surface area contributed by atoms with Crippen molar-refractivity contribution in [3.05, 3.63) is 59.0 Å². The number of amides is 1. The van der Waals surface area contributed by atoms with Gasteiger partial charge >= 0.3 is 0 Å². The molecule has 2 aromatic rings. The van der Waals surface area contributed by atoms with Gasteiger partial charge in [-0.1, -0.05) is 56.0 Å². The molecule has 4 nitrogen and oxygen atoms in total. The van der Waals surface area contributed by atoms with Gasteiger partial charge < -0.3 is 9.64 Å². The molecule has 0 bridgehead atoms. The van der Waals surface area contributed by atoms with Crippen molar-refractivity contribution < 1.29 is 9.53 Å². The first kappa shape index (κ1) is 20.4. The van der Waals surface area contributed by atoms with Gasteiger partial charge in [0, 0.05) is 25.3 Å². The number of hydrogen-bond donors (Lipinski definition) is 0. The van der Waals surface area contributed by atoms with Crippen molar-refractivity contribution >= 4 is 51.7 Å². The van der Waals surface area contributed by atoms with Crippen molar-refractivity contribution in [2.24, 2.45) is 5.92 Å². The number of rotatable bonds is 6. The van der Waals surface area contributed by atoms with Crippen molar-refractivity contribution in [1.29, 1.82) is 0 Å². The summed E-state index contributed by atoms with van der Waals surface area (Å²) in [4.78, 5) is 17.2. The average Bonchev–Trinajstić information content (AvgIpc) is 2.94. The first-order valence-corrected chi connectivity index (χ1v) is 10.4. The monoisotopic (exact) mass is 412 g/mol. The lowest BCUT2D eigenvalue weighted by Crippen LogP contribution is -2.27. The molecule has 1 aliphatic rings. The van der Waals surface area contributed by atoms with E-state index in [1.807, 2.05) is 73.6 Å². The van der Waals surface area contributed by atoms with Crippen molar-refractivity contribution in [3.63, 3.8) is 0 Å². The molecule has 146 valence electrons. The normalized spacial score (nSPS) is 15.6. The summed E-state index contributed by atoms with van der Waals surface area (Å²) in [6.45, 7) is 4.84.